The Balaban J connectivity index is 1.96. The number of carbonyl (C=O) groups is 1. The SMILES string of the molecule is CC(C)N1CCN([C@@H](C(=O)O)C2CCC(C)(C)CC2)CC1. The van der Waals surface area contributed by atoms with Crippen LogP contribution in [0, 0.1) is 11.3 Å². The third kappa shape index (κ3) is 4.19. The van der Waals surface area contributed by atoms with Crippen molar-refractivity contribution in [3.05, 3.63) is 0 Å². The summed E-state index contributed by atoms with van der Waals surface area (Å²) in [7, 11) is 0. The minimum absolute atomic E-state index is 0.268. The van der Waals surface area contributed by atoms with E-state index in [9.17, 15) is 9.90 Å². The van der Waals surface area contributed by atoms with E-state index in [2.05, 4.69) is 37.5 Å². The Morgan fingerprint density at radius 1 is 1.05 bits per heavy atom. The summed E-state index contributed by atoms with van der Waals surface area (Å²) >= 11 is 0. The largest absolute Gasteiger partial charge is 0.480 e. The van der Waals surface area contributed by atoms with Crippen molar-refractivity contribution >= 4 is 5.97 Å². The highest BCUT2D eigenvalue weighted by molar-refractivity contribution is 5.74. The van der Waals surface area contributed by atoms with E-state index in [0.717, 1.165) is 51.9 Å². The second-order valence-electron chi connectivity index (χ2n) is 7.95. The molecule has 1 heterocycles. The summed E-state index contributed by atoms with van der Waals surface area (Å²) in [6.07, 6.45) is 4.45. The van der Waals surface area contributed by atoms with E-state index >= 15 is 0 Å². The van der Waals surface area contributed by atoms with E-state index in [4.69, 9.17) is 0 Å². The number of rotatable bonds is 4. The van der Waals surface area contributed by atoms with Crippen LogP contribution in [0.25, 0.3) is 0 Å². The molecule has 1 saturated carbocycles. The van der Waals surface area contributed by atoms with Gasteiger partial charge < -0.3 is 5.11 Å². The Hall–Kier alpha value is -0.610. The Kier molecular flexibility index (Phi) is 5.31. The van der Waals surface area contributed by atoms with E-state index < -0.39 is 5.97 Å². The van der Waals surface area contributed by atoms with Gasteiger partial charge in [0.15, 0.2) is 0 Å². The number of carboxylic acid groups (broad SMARTS) is 1. The minimum Gasteiger partial charge on any atom is -0.480 e. The summed E-state index contributed by atoms with van der Waals surface area (Å²) in [4.78, 5) is 16.5. The van der Waals surface area contributed by atoms with E-state index in [0.29, 0.717) is 17.4 Å². The quantitative estimate of drug-likeness (QED) is 0.866. The highest BCUT2D eigenvalue weighted by Gasteiger charge is 2.39. The molecule has 1 aliphatic heterocycles. The Bertz CT molecular complexity index is 350. The number of piperazine rings is 1. The third-order valence-electron chi connectivity index (χ3n) is 5.56. The van der Waals surface area contributed by atoms with Gasteiger partial charge in [0.05, 0.1) is 0 Å². The molecule has 2 fully saturated rings. The molecule has 1 saturated heterocycles. The molecule has 0 spiro atoms. The molecule has 0 amide bonds. The molecule has 0 aromatic carbocycles. The number of carboxylic acids is 1. The van der Waals surface area contributed by atoms with Gasteiger partial charge in [0.1, 0.15) is 6.04 Å². The molecule has 1 atom stereocenters. The van der Waals surface area contributed by atoms with Crippen LogP contribution in [-0.2, 0) is 4.79 Å². The Morgan fingerprint density at radius 2 is 1.52 bits per heavy atom. The molecule has 4 nitrogen and oxygen atoms in total. The first-order valence-corrected chi connectivity index (χ1v) is 8.51. The lowest BCUT2D eigenvalue weighted by Crippen LogP contribution is -2.56. The Morgan fingerprint density at radius 3 is 1.95 bits per heavy atom. The van der Waals surface area contributed by atoms with Crippen molar-refractivity contribution < 1.29 is 9.90 Å². The zero-order valence-electron chi connectivity index (χ0n) is 14.1. The fourth-order valence-electron chi connectivity index (χ4n) is 3.93. The van der Waals surface area contributed by atoms with Crippen LogP contribution in [0.3, 0.4) is 0 Å². The summed E-state index contributed by atoms with van der Waals surface area (Å²) in [6.45, 7) is 12.8. The normalized spacial score (nSPS) is 26.9. The molecule has 0 unspecified atom stereocenters. The average molecular weight is 296 g/mol. The molecule has 4 heteroatoms. The highest BCUT2D eigenvalue weighted by atomic mass is 16.4. The first kappa shape index (κ1) is 16.8. The summed E-state index contributed by atoms with van der Waals surface area (Å²) in [5, 5.41) is 9.73. The summed E-state index contributed by atoms with van der Waals surface area (Å²) in [5.74, 6) is -0.279. The molecule has 2 aliphatic rings. The van der Waals surface area contributed by atoms with Gasteiger partial charge in [0.2, 0.25) is 0 Å². The van der Waals surface area contributed by atoms with Crippen LogP contribution >= 0.6 is 0 Å². The van der Waals surface area contributed by atoms with Gasteiger partial charge in [0.25, 0.3) is 0 Å². The van der Waals surface area contributed by atoms with Crippen LogP contribution < -0.4 is 0 Å². The molecule has 0 aromatic heterocycles. The molecule has 0 aromatic rings. The number of nitrogens with zero attached hydrogens (tertiary/aromatic N) is 2. The summed E-state index contributed by atoms with van der Waals surface area (Å²) < 4.78 is 0. The van der Waals surface area contributed by atoms with Gasteiger partial charge in [-0.1, -0.05) is 13.8 Å². The van der Waals surface area contributed by atoms with Gasteiger partial charge in [0, 0.05) is 32.2 Å². The van der Waals surface area contributed by atoms with E-state index in [1.807, 2.05) is 0 Å². The van der Waals surface area contributed by atoms with Crippen LogP contribution in [0.4, 0.5) is 0 Å². The lowest BCUT2D eigenvalue weighted by atomic mass is 9.71. The molecule has 122 valence electrons. The van der Waals surface area contributed by atoms with Crippen LogP contribution in [0.1, 0.15) is 53.4 Å². The zero-order valence-corrected chi connectivity index (χ0v) is 14.1. The van der Waals surface area contributed by atoms with E-state index in [-0.39, 0.29) is 6.04 Å². The van der Waals surface area contributed by atoms with Crippen molar-refractivity contribution in [1.29, 1.82) is 0 Å². The number of aliphatic carboxylic acids is 1. The second-order valence-corrected chi connectivity index (χ2v) is 7.95. The van der Waals surface area contributed by atoms with Gasteiger partial charge in [-0.15, -0.1) is 0 Å². The monoisotopic (exact) mass is 296 g/mol. The maximum Gasteiger partial charge on any atom is 0.321 e. The molecular weight excluding hydrogens is 264 g/mol. The number of hydrogen-bond donors (Lipinski definition) is 1. The fraction of sp³-hybridized carbons (Fsp3) is 0.941. The third-order valence-corrected chi connectivity index (χ3v) is 5.56. The Labute approximate surface area is 129 Å². The lowest BCUT2D eigenvalue weighted by molar-refractivity contribution is -0.147. The fourth-order valence-corrected chi connectivity index (χ4v) is 3.93. The van der Waals surface area contributed by atoms with Crippen LogP contribution in [-0.4, -0.2) is 59.1 Å². The summed E-state index contributed by atoms with van der Waals surface area (Å²) in [5.41, 5.74) is 0.399. The molecule has 2 rings (SSSR count). The molecule has 1 N–H and O–H groups in total. The molecule has 0 radical (unpaired) electrons. The predicted molar refractivity (Wildman–Crippen MR) is 85.4 cm³/mol. The number of hydrogen-bond acceptors (Lipinski definition) is 3. The van der Waals surface area contributed by atoms with Gasteiger partial charge in [-0.2, -0.15) is 0 Å². The van der Waals surface area contributed by atoms with Crippen LogP contribution in [0.5, 0.6) is 0 Å². The van der Waals surface area contributed by atoms with Crippen molar-refractivity contribution in [2.75, 3.05) is 26.2 Å². The standard InChI is InChI=1S/C17H32N2O2/c1-13(2)18-9-11-19(12-10-18)15(16(20)21)14-5-7-17(3,4)8-6-14/h13-15H,5-12H2,1-4H3,(H,20,21)/t15-/m1/s1. The molecule has 0 bridgehead atoms. The van der Waals surface area contributed by atoms with Crippen LogP contribution in [0.2, 0.25) is 0 Å². The van der Waals surface area contributed by atoms with Gasteiger partial charge >= 0.3 is 5.97 Å². The molecular formula is C17H32N2O2. The second kappa shape index (κ2) is 6.66. The highest BCUT2D eigenvalue weighted by Crippen LogP contribution is 2.40. The smallest absolute Gasteiger partial charge is 0.321 e. The lowest BCUT2D eigenvalue weighted by Gasteiger charge is -2.44. The topological polar surface area (TPSA) is 43.8 Å². The van der Waals surface area contributed by atoms with Crippen molar-refractivity contribution in [3.63, 3.8) is 0 Å². The zero-order chi connectivity index (χ0) is 15.6. The van der Waals surface area contributed by atoms with Crippen molar-refractivity contribution in [2.45, 2.75) is 65.5 Å². The maximum absolute atomic E-state index is 11.8. The first-order chi connectivity index (χ1) is 9.80. The van der Waals surface area contributed by atoms with Crippen molar-refractivity contribution in [3.8, 4) is 0 Å². The average Bonchev–Trinajstić information content (AvgIpc) is 2.41. The van der Waals surface area contributed by atoms with Crippen molar-refractivity contribution in [1.82, 2.24) is 9.80 Å². The van der Waals surface area contributed by atoms with E-state index in [1.54, 1.807) is 0 Å². The first-order valence-electron chi connectivity index (χ1n) is 8.51. The van der Waals surface area contributed by atoms with Crippen molar-refractivity contribution in [2.24, 2.45) is 11.3 Å². The maximum atomic E-state index is 11.8. The predicted octanol–water partition coefficient (Wildman–Crippen LogP) is 2.68. The van der Waals surface area contributed by atoms with Crippen LogP contribution in [0.15, 0.2) is 0 Å². The van der Waals surface area contributed by atoms with Gasteiger partial charge in [-0.05, 0) is 50.9 Å². The summed E-state index contributed by atoms with van der Waals surface area (Å²) in [6, 6.07) is 0.293. The molecule has 21 heavy (non-hydrogen) atoms. The van der Waals surface area contributed by atoms with Gasteiger partial charge in [-0.3, -0.25) is 14.6 Å². The van der Waals surface area contributed by atoms with Gasteiger partial charge in [-0.25, -0.2) is 0 Å². The van der Waals surface area contributed by atoms with E-state index in [1.165, 1.54) is 0 Å². The molecule has 1 aliphatic carbocycles. The minimum atomic E-state index is -0.613.